The molecule has 1 unspecified atom stereocenters. The topological polar surface area (TPSA) is 85.0 Å². The van der Waals surface area contributed by atoms with Gasteiger partial charge < -0.3 is 4.74 Å². The lowest BCUT2D eigenvalue weighted by atomic mass is 9.99. The number of ether oxygens (including phenoxy) is 1. The first-order valence-electron chi connectivity index (χ1n) is 7.76. The number of methoxy groups -OCH3 is 1. The van der Waals surface area contributed by atoms with Gasteiger partial charge in [-0.2, -0.15) is 5.26 Å². The number of para-hydroxylation sites is 1. The van der Waals surface area contributed by atoms with E-state index in [-0.39, 0.29) is 12.0 Å². The van der Waals surface area contributed by atoms with Gasteiger partial charge in [0.25, 0.3) is 5.56 Å². The van der Waals surface area contributed by atoms with Crippen molar-refractivity contribution in [3.05, 3.63) is 63.9 Å². The van der Waals surface area contributed by atoms with Crippen LogP contribution in [-0.2, 0) is 9.53 Å². The van der Waals surface area contributed by atoms with Crippen molar-refractivity contribution in [1.82, 2.24) is 9.55 Å². The van der Waals surface area contributed by atoms with E-state index in [9.17, 15) is 14.9 Å². The van der Waals surface area contributed by atoms with E-state index < -0.39 is 12.0 Å². The number of fused-ring (bicyclic) bond motifs is 4. The Labute approximate surface area is 142 Å². The number of nitrogens with zero attached hydrogens (tertiary/aromatic N) is 3. The van der Waals surface area contributed by atoms with Gasteiger partial charge in [0.15, 0.2) is 0 Å². The first kappa shape index (κ1) is 15.1. The summed E-state index contributed by atoms with van der Waals surface area (Å²) in [6, 6.07) is 13.8. The number of hydrogen-bond acceptors (Lipinski definition) is 5. The summed E-state index contributed by atoms with van der Waals surface area (Å²) in [4.78, 5) is 29.5. The third-order valence-electron chi connectivity index (χ3n) is 4.49. The zero-order valence-corrected chi connectivity index (χ0v) is 13.4. The monoisotopic (exact) mass is 331 g/mol. The van der Waals surface area contributed by atoms with Gasteiger partial charge in [-0.05, 0) is 35.9 Å². The largest absolute Gasteiger partial charge is 0.469 e. The summed E-state index contributed by atoms with van der Waals surface area (Å²) < 4.78 is 6.32. The molecule has 3 aromatic rings. The minimum absolute atomic E-state index is 0.00527. The van der Waals surface area contributed by atoms with Crippen LogP contribution in [0.15, 0.2) is 47.3 Å². The van der Waals surface area contributed by atoms with E-state index in [0.717, 1.165) is 11.1 Å². The van der Waals surface area contributed by atoms with Gasteiger partial charge in [-0.1, -0.05) is 12.1 Å². The van der Waals surface area contributed by atoms with Crippen LogP contribution in [0, 0.1) is 11.3 Å². The van der Waals surface area contributed by atoms with E-state index in [2.05, 4.69) is 11.1 Å². The molecule has 6 nitrogen and oxygen atoms in total. The second-order valence-electron chi connectivity index (χ2n) is 5.84. The number of nitriles is 1. The first-order valence-corrected chi connectivity index (χ1v) is 7.76. The molecule has 4 rings (SSSR count). The molecule has 0 bridgehead atoms. The Kier molecular flexibility index (Phi) is 3.36. The van der Waals surface area contributed by atoms with Gasteiger partial charge in [0, 0.05) is 5.56 Å². The number of hydrogen-bond donors (Lipinski definition) is 0. The molecule has 1 atom stereocenters. The minimum atomic E-state index is -0.532. The molecule has 0 radical (unpaired) electrons. The Balaban J connectivity index is 2.04. The second kappa shape index (κ2) is 5.56. The molecular formula is C19H13N3O3. The summed E-state index contributed by atoms with van der Waals surface area (Å²) >= 11 is 0. The molecule has 0 N–H and O–H groups in total. The van der Waals surface area contributed by atoms with Crippen LogP contribution in [0.4, 0.5) is 0 Å². The Morgan fingerprint density at radius 3 is 2.88 bits per heavy atom. The maximum absolute atomic E-state index is 13.0. The van der Waals surface area contributed by atoms with Crippen LogP contribution < -0.4 is 5.56 Å². The fourth-order valence-electron chi connectivity index (χ4n) is 3.32. The van der Waals surface area contributed by atoms with E-state index in [1.54, 1.807) is 36.4 Å². The molecule has 25 heavy (non-hydrogen) atoms. The first-order chi connectivity index (χ1) is 12.1. The minimum Gasteiger partial charge on any atom is -0.469 e. The van der Waals surface area contributed by atoms with Crippen molar-refractivity contribution >= 4 is 16.9 Å². The number of carbonyl (C=O) groups is 1. The normalized spacial score (nSPS) is 14.6. The van der Waals surface area contributed by atoms with Crippen LogP contribution in [0.3, 0.4) is 0 Å². The molecule has 2 heterocycles. The highest BCUT2D eigenvalue weighted by molar-refractivity contribution is 5.82. The lowest BCUT2D eigenvalue weighted by Gasteiger charge is -2.14. The standard InChI is InChI=1S/C19H13N3O3/c1-25-17(23)9-16-14-8-11(10-20)6-7-12(14)18-21-15-5-3-2-4-13(15)19(24)22(16)18/h2-8,16H,9H2,1H3. The highest BCUT2D eigenvalue weighted by Gasteiger charge is 2.33. The predicted octanol–water partition coefficient (Wildman–Crippen LogP) is 2.40. The van der Waals surface area contributed by atoms with Gasteiger partial charge in [-0.25, -0.2) is 4.98 Å². The van der Waals surface area contributed by atoms with Gasteiger partial charge in [-0.3, -0.25) is 14.2 Å². The summed E-state index contributed by atoms with van der Waals surface area (Å²) in [5.41, 5.74) is 2.37. The summed E-state index contributed by atoms with van der Waals surface area (Å²) in [7, 11) is 1.31. The van der Waals surface area contributed by atoms with Crippen molar-refractivity contribution in [3.8, 4) is 17.5 Å². The number of rotatable bonds is 2. The van der Waals surface area contributed by atoms with Gasteiger partial charge >= 0.3 is 5.97 Å². The van der Waals surface area contributed by atoms with Gasteiger partial charge in [0.05, 0.1) is 42.1 Å². The fraction of sp³-hybridized carbons (Fsp3) is 0.158. The summed E-state index contributed by atoms with van der Waals surface area (Å²) in [5.74, 6) is 0.0864. The molecule has 0 saturated carbocycles. The number of carbonyl (C=O) groups excluding carboxylic acids is 1. The molecule has 1 aliphatic heterocycles. The lowest BCUT2D eigenvalue weighted by molar-refractivity contribution is -0.141. The van der Waals surface area contributed by atoms with Crippen LogP contribution in [-0.4, -0.2) is 22.6 Å². The molecule has 6 heteroatoms. The van der Waals surface area contributed by atoms with E-state index in [0.29, 0.717) is 22.3 Å². The molecular weight excluding hydrogens is 318 g/mol. The van der Waals surface area contributed by atoms with E-state index in [4.69, 9.17) is 4.74 Å². The van der Waals surface area contributed by atoms with Crippen molar-refractivity contribution in [3.63, 3.8) is 0 Å². The van der Waals surface area contributed by atoms with Crippen molar-refractivity contribution in [1.29, 1.82) is 5.26 Å². The lowest BCUT2D eigenvalue weighted by Crippen LogP contribution is -2.26. The molecule has 0 aliphatic carbocycles. The Hall–Kier alpha value is -3.46. The van der Waals surface area contributed by atoms with Crippen molar-refractivity contribution in [2.75, 3.05) is 7.11 Å². The average Bonchev–Trinajstić information content (AvgIpc) is 2.95. The Morgan fingerprint density at radius 1 is 1.32 bits per heavy atom. The fourth-order valence-corrected chi connectivity index (χ4v) is 3.32. The number of benzene rings is 2. The molecule has 0 saturated heterocycles. The SMILES string of the molecule is COC(=O)CC1c2cc(C#N)ccc2-c2nc3ccccc3c(=O)n21. The highest BCUT2D eigenvalue weighted by Crippen LogP contribution is 2.40. The van der Waals surface area contributed by atoms with Crippen molar-refractivity contribution < 1.29 is 9.53 Å². The smallest absolute Gasteiger partial charge is 0.307 e. The molecule has 0 amide bonds. The zero-order valence-electron chi connectivity index (χ0n) is 13.4. The van der Waals surface area contributed by atoms with Gasteiger partial charge in [0.1, 0.15) is 5.82 Å². The van der Waals surface area contributed by atoms with Crippen LogP contribution >= 0.6 is 0 Å². The van der Waals surface area contributed by atoms with Crippen LogP contribution in [0.2, 0.25) is 0 Å². The molecule has 122 valence electrons. The van der Waals surface area contributed by atoms with E-state index in [1.807, 2.05) is 6.07 Å². The summed E-state index contributed by atoms with van der Waals surface area (Å²) in [6.07, 6.45) is 0.00527. The summed E-state index contributed by atoms with van der Waals surface area (Å²) in [6.45, 7) is 0. The van der Waals surface area contributed by atoms with Gasteiger partial charge in [-0.15, -0.1) is 0 Å². The van der Waals surface area contributed by atoms with Gasteiger partial charge in [0.2, 0.25) is 0 Å². The summed E-state index contributed by atoms with van der Waals surface area (Å²) in [5, 5.41) is 9.68. The molecule has 1 aromatic heterocycles. The quantitative estimate of drug-likeness (QED) is 0.673. The number of aromatic nitrogens is 2. The third kappa shape index (κ3) is 2.21. The molecule has 0 fully saturated rings. The number of esters is 1. The third-order valence-corrected chi connectivity index (χ3v) is 4.49. The van der Waals surface area contributed by atoms with E-state index in [1.165, 1.54) is 11.7 Å². The Morgan fingerprint density at radius 2 is 2.12 bits per heavy atom. The molecule has 0 spiro atoms. The zero-order chi connectivity index (χ0) is 17.6. The maximum atomic E-state index is 13.0. The Bertz CT molecular complexity index is 1120. The predicted molar refractivity (Wildman–Crippen MR) is 90.9 cm³/mol. The van der Waals surface area contributed by atoms with Crippen LogP contribution in [0.1, 0.15) is 23.6 Å². The average molecular weight is 331 g/mol. The highest BCUT2D eigenvalue weighted by atomic mass is 16.5. The maximum Gasteiger partial charge on any atom is 0.307 e. The van der Waals surface area contributed by atoms with Crippen molar-refractivity contribution in [2.45, 2.75) is 12.5 Å². The van der Waals surface area contributed by atoms with E-state index >= 15 is 0 Å². The van der Waals surface area contributed by atoms with Crippen LogP contribution in [0.25, 0.3) is 22.3 Å². The molecule has 2 aromatic carbocycles. The van der Waals surface area contributed by atoms with Crippen molar-refractivity contribution in [2.24, 2.45) is 0 Å². The van der Waals surface area contributed by atoms with Crippen LogP contribution in [0.5, 0.6) is 0 Å². The molecule has 1 aliphatic rings. The second-order valence-corrected chi connectivity index (χ2v) is 5.84.